The second-order valence-electron chi connectivity index (χ2n) is 5.78. The van der Waals surface area contributed by atoms with E-state index in [2.05, 4.69) is 10.1 Å². The lowest BCUT2D eigenvalue weighted by molar-refractivity contribution is -0.141. The number of ether oxygens (including phenoxy) is 1. The van der Waals surface area contributed by atoms with Crippen molar-refractivity contribution in [2.24, 2.45) is 4.99 Å². The number of nitrogens with zero attached hydrogens (tertiary/aromatic N) is 4. The molecule has 0 aliphatic heterocycles. The molecule has 0 bridgehead atoms. The molecule has 2 aromatic heterocycles. The molecule has 27 heavy (non-hydrogen) atoms. The van der Waals surface area contributed by atoms with Crippen LogP contribution in [0.5, 0.6) is 0 Å². The maximum absolute atomic E-state index is 12.6. The first kappa shape index (κ1) is 19.4. The molecule has 1 amide bonds. The first-order chi connectivity index (χ1) is 13.0. The highest BCUT2D eigenvalue weighted by Gasteiger charge is 2.15. The predicted octanol–water partition coefficient (Wildman–Crippen LogP) is 2.86. The quantitative estimate of drug-likeness (QED) is 0.483. The zero-order valence-electron chi connectivity index (χ0n) is 15.6. The summed E-state index contributed by atoms with van der Waals surface area (Å²) >= 11 is 3.00. The molecule has 9 heteroatoms. The van der Waals surface area contributed by atoms with Crippen LogP contribution in [0.2, 0.25) is 0 Å². The standard InChI is InChI=1S/C18H20N4O3S2/c1-5-22-11(2)8-13(20-22)17(24)19-18-21(10-16(23)25-3)14-7-6-12(26-4)9-15(14)27-18/h6-9H,5,10H2,1-4H3. The number of hydrogen-bond acceptors (Lipinski definition) is 6. The largest absolute Gasteiger partial charge is 0.468 e. The number of carbonyl (C=O) groups is 2. The second kappa shape index (κ2) is 8.10. The molecule has 1 aromatic carbocycles. The number of hydrogen-bond donors (Lipinski definition) is 0. The third kappa shape index (κ3) is 3.98. The lowest BCUT2D eigenvalue weighted by Gasteiger charge is -2.04. The van der Waals surface area contributed by atoms with Crippen molar-refractivity contribution in [1.82, 2.24) is 14.3 Å². The number of amides is 1. The van der Waals surface area contributed by atoms with Crippen LogP contribution >= 0.6 is 23.1 Å². The Hall–Kier alpha value is -2.39. The van der Waals surface area contributed by atoms with E-state index in [9.17, 15) is 9.59 Å². The van der Waals surface area contributed by atoms with Gasteiger partial charge in [0.1, 0.15) is 6.54 Å². The molecule has 0 saturated heterocycles. The Labute approximate surface area is 164 Å². The van der Waals surface area contributed by atoms with Crippen LogP contribution in [0, 0.1) is 6.92 Å². The van der Waals surface area contributed by atoms with Gasteiger partial charge < -0.3 is 9.30 Å². The van der Waals surface area contributed by atoms with Crippen LogP contribution in [0.1, 0.15) is 23.1 Å². The summed E-state index contributed by atoms with van der Waals surface area (Å²) in [6.07, 6.45) is 2.00. The van der Waals surface area contributed by atoms with E-state index in [1.807, 2.05) is 38.3 Å². The molecule has 2 heterocycles. The SMILES string of the molecule is CCn1nc(C(=O)N=c2sc3cc(SC)ccc3n2CC(=O)OC)cc1C. The molecule has 0 spiro atoms. The van der Waals surface area contributed by atoms with Crippen LogP contribution in [0.25, 0.3) is 10.2 Å². The summed E-state index contributed by atoms with van der Waals surface area (Å²) in [5, 5.41) is 4.29. The van der Waals surface area contributed by atoms with E-state index in [1.54, 1.807) is 27.1 Å². The number of thiazole rings is 1. The lowest BCUT2D eigenvalue weighted by atomic mass is 10.3. The van der Waals surface area contributed by atoms with E-state index in [4.69, 9.17) is 4.74 Å². The summed E-state index contributed by atoms with van der Waals surface area (Å²) < 4.78 is 9.20. The average Bonchev–Trinajstić information content (AvgIpc) is 3.21. The van der Waals surface area contributed by atoms with Crippen LogP contribution in [0.4, 0.5) is 0 Å². The molecule has 0 aliphatic carbocycles. The fourth-order valence-corrected chi connectivity index (χ4v) is 4.27. The van der Waals surface area contributed by atoms with Gasteiger partial charge in [-0.1, -0.05) is 11.3 Å². The van der Waals surface area contributed by atoms with Crippen molar-refractivity contribution < 1.29 is 14.3 Å². The van der Waals surface area contributed by atoms with Crippen LogP contribution in [0.15, 0.2) is 34.2 Å². The highest BCUT2D eigenvalue weighted by Crippen LogP contribution is 2.24. The van der Waals surface area contributed by atoms with Gasteiger partial charge in [-0.3, -0.25) is 14.3 Å². The van der Waals surface area contributed by atoms with Crippen LogP contribution in [0.3, 0.4) is 0 Å². The van der Waals surface area contributed by atoms with Crippen molar-refractivity contribution in [1.29, 1.82) is 0 Å². The lowest BCUT2D eigenvalue weighted by Crippen LogP contribution is -2.22. The van der Waals surface area contributed by atoms with Crippen LogP contribution in [-0.4, -0.2) is 39.6 Å². The average molecular weight is 405 g/mol. The molecule has 0 atom stereocenters. The summed E-state index contributed by atoms with van der Waals surface area (Å²) in [7, 11) is 1.34. The Morgan fingerprint density at radius 3 is 2.74 bits per heavy atom. The minimum absolute atomic E-state index is 0.0103. The number of benzene rings is 1. The van der Waals surface area contributed by atoms with Crippen molar-refractivity contribution >= 4 is 45.2 Å². The third-order valence-corrected chi connectivity index (χ3v) is 5.87. The maximum atomic E-state index is 12.6. The van der Waals surface area contributed by atoms with Gasteiger partial charge in [0, 0.05) is 17.1 Å². The van der Waals surface area contributed by atoms with Gasteiger partial charge >= 0.3 is 5.97 Å². The number of rotatable bonds is 5. The van der Waals surface area contributed by atoms with Gasteiger partial charge in [-0.2, -0.15) is 10.1 Å². The smallest absolute Gasteiger partial charge is 0.325 e. The van der Waals surface area contributed by atoms with E-state index in [1.165, 1.54) is 18.4 Å². The van der Waals surface area contributed by atoms with Gasteiger partial charge in [-0.05, 0) is 44.4 Å². The Kier molecular flexibility index (Phi) is 5.81. The van der Waals surface area contributed by atoms with Gasteiger partial charge in [0.2, 0.25) is 0 Å². The normalized spacial score (nSPS) is 11.9. The number of methoxy groups -OCH3 is 1. The Balaban J connectivity index is 2.12. The third-order valence-electron chi connectivity index (χ3n) is 4.10. The molecule has 0 aliphatic rings. The summed E-state index contributed by atoms with van der Waals surface area (Å²) in [6.45, 7) is 4.53. The van der Waals surface area contributed by atoms with Crippen molar-refractivity contribution in [3.63, 3.8) is 0 Å². The van der Waals surface area contributed by atoms with E-state index in [0.29, 0.717) is 17.0 Å². The molecule has 0 fully saturated rings. The number of esters is 1. The van der Waals surface area contributed by atoms with Crippen molar-refractivity contribution in [3.8, 4) is 0 Å². The molecule has 0 radical (unpaired) electrons. The second-order valence-corrected chi connectivity index (χ2v) is 7.67. The Morgan fingerprint density at radius 2 is 2.11 bits per heavy atom. The van der Waals surface area contributed by atoms with Crippen LogP contribution < -0.4 is 4.80 Å². The first-order valence-corrected chi connectivity index (χ1v) is 10.4. The van der Waals surface area contributed by atoms with Crippen LogP contribution in [-0.2, 0) is 22.6 Å². The zero-order valence-corrected chi connectivity index (χ0v) is 17.2. The van der Waals surface area contributed by atoms with Gasteiger partial charge in [-0.15, -0.1) is 11.8 Å². The van der Waals surface area contributed by atoms with E-state index in [-0.39, 0.29) is 6.54 Å². The van der Waals surface area contributed by atoms with Crippen molar-refractivity contribution in [2.45, 2.75) is 31.8 Å². The minimum Gasteiger partial charge on any atom is -0.468 e. The number of carbonyl (C=O) groups excluding carboxylic acids is 2. The maximum Gasteiger partial charge on any atom is 0.325 e. The van der Waals surface area contributed by atoms with Gasteiger partial charge in [0.05, 0.1) is 17.3 Å². The fourth-order valence-electron chi connectivity index (χ4n) is 2.69. The predicted molar refractivity (Wildman–Crippen MR) is 106 cm³/mol. The van der Waals surface area contributed by atoms with Gasteiger partial charge in [0.25, 0.3) is 5.91 Å². The number of fused-ring (bicyclic) bond motifs is 1. The summed E-state index contributed by atoms with van der Waals surface area (Å²) in [5.41, 5.74) is 2.03. The van der Waals surface area contributed by atoms with Crippen molar-refractivity contribution in [2.75, 3.05) is 13.4 Å². The molecular formula is C18H20N4O3S2. The number of thioether (sulfide) groups is 1. The number of aromatic nitrogens is 3. The molecule has 0 N–H and O–H groups in total. The molecule has 0 saturated carbocycles. The van der Waals surface area contributed by atoms with Gasteiger partial charge in [-0.25, -0.2) is 0 Å². The highest BCUT2D eigenvalue weighted by atomic mass is 32.2. The van der Waals surface area contributed by atoms with E-state index < -0.39 is 11.9 Å². The molecule has 0 unspecified atom stereocenters. The minimum atomic E-state index is -0.430. The summed E-state index contributed by atoms with van der Waals surface area (Å²) in [4.78, 5) is 30.3. The zero-order chi connectivity index (χ0) is 19.6. The molecule has 3 aromatic rings. The highest BCUT2D eigenvalue weighted by molar-refractivity contribution is 7.98. The molecule has 142 valence electrons. The summed E-state index contributed by atoms with van der Waals surface area (Å²) in [5.74, 6) is -0.829. The topological polar surface area (TPSA) is 78.5 Å². The fraction of sp³-hybridized carbons (Fsp3) is 0.333. The van der Waals surface area contributed by atoms with Crippen molar-refractivity contribution in [3.05, 3.63) is 40.5 Å². The monoisotopic (exact) mass is 404 g/mol. The first-order valence-electron chi connectivity index (χ1n) is 8.34. The Bertz CT molecular complexity index is 1080. The van der Waals surface area contributed by atoms with Gasteiger partial charge in [0.15, 0.2) is 10.5 Å². The molecule has 3 rings (SSSR count). The summed E-state index contributed by atoms with van der Waals surface area (Å²) in [6, 6.07) is 7.66. The van der Waals surface area contributed by atoms with E-state index in [0.717, 1.165) is 20.8 Å². The Morgan fingerprint density at radius 1 is 1.33 bits per heavy atom. The molecular weight excluding hydrogens is 384 g/mol. The molecule has 7 nitrogen and oxygen atoms in total. The van der Waals surface area contributed by atoms with E-state index >= 15 is 0 Å². The number of aryl methyl sites for hydroxylation is 2.